The van der Waals surface area contributed by atoms with Gasteiger partial charge in [-0.05, 0) is 43.5 Å². The Morgan fingerprint density at radius 2 is 1.83 bits per heavy atom. The van der Waals surface area contributed by atoms with Crippen molar-refractivity contribution in [1.82, 2.24) is 4.90 Å². The fourth-order valence-electron chi connectivity index (χ4n) is 3.39. The van der Waals surface area contributed by atoms with Crippen LogP contribution in [0.4, 0.5) is 10.1 Å². The average molecular weight is 334 g/mol. The zero-order valence-electron chi connectivity index (χ0n) is 13.2. The molecule has 3 rings (SSSR count). The van der Waals surface area contributed by atoms with Gasteiger partial charge in [0.15, 0.2) is 0 Å². The van der Waals surface area contributed by atoms with Crippen LogP contribution in [0.3, 0.4) is 0 Å². The van der Waals surface area contributed by atoms with Gasteiger partial charge in [-0.1, -0.05) is 0 Å². The van der Waals surface area contributed by atoms with Crippen LogP contribution in [-0.4, -0.2) is 47.4 Å². The molecular weight excluding hydrogens is 315 g/mol. The third-order valence-corrected chi connectivity index (χ3v) is 4.72. The molecule has 0 radical (unpaired) electrons. The summed E-state index contributed by atoms with van der Waals surface area (Å²) in [5.74, 6) is -3.22. The number of benzene rings is 1. The molecule has 1 aromatic carbocycles. The Balaban J connectivity index is 1.69. The summed E-state index contributed by atoms with van der Waals surface area (Å²) < 4.78 is 13.0. The Kier molecular flexibility index (Phi) is 4.51. The molecule has 0 spiro atoms. The van der Waals surface area contributed by atoms with Crippen molar-refractivity contribution in [3.05, 3.63) is 30.1 Å². The first-order valence-corrected chi connectivity index (χ1v) is 8.06. The van der Waals surface area contributed by atoms with E-state index in [-0.39, 0.29) is 24.2 Å². The Hall–Kier alpha value is -2.44. The molecule has 2 heterocycles. The van der Waals surface area contributed by atoms with Gasteiger partial charge in [0.05, 0.1) is 5.92 Å². The molecule has 2 unspecified atom stereocenters. The SMILES string of the molecule is O=C(O)C1CCCN(C(=O)C2CCN(c3ccc(F)cc3)C2=O)C1. The monoisotopic (exact) mass is 334 g/mol. The Morgan fingerprint density at radius 1 is 1.12 bits per heavy atom. The summed E-state index contributed by atoms with van der Waals surface area (Å²) in [5.41, 5.74) is 0.568. The number of carbonyl (C=O) groups excluding carboxylic acids is 2. The molecule has 2 fully saturated rings. The molecule has 128 valence electrons. The highest BCUT2D eigenvalue weighted by atomic mass is 19.1. The third-order valence-electron chi connectivity index (χ3n) is 4.72. The first-order valence-electron chi connectivity index (χ1n) is 8.06. The summed E-state index contributed by atoms with van der Waals surface area (Å²) in [4.78, 5) is 39.3. The number of likely N-dealkylation sites (tertiary alicyclic amines) is 1. The summed E-state index contributed by atoms with van der Waals surface area (Å²) in [6, 6.07) is 5.59. The number of rotatable bonds is 3. The lowest BCUT2D eigenvalue weighted by atomic mass is 9.96. The fraction of sp³-hybridized carbons (Fsp3) is 0.471. The second kappa shape index (κ2) is 6.59. The highest BCUT2D eigenvalue weighted by Crippen LogP contribution is 2.28. The van der Waals surface area contributed by atoms with Gasteiger partial charge in [0, 0.05) is 25.3 Å². The predicted molar refractivity (Wildman–Crippen MR) is 83.8 cm³/mol. The van der Waals surface area contributed by atoms with Crippen LogP contribution in [0.25, 0.3) is 0 Å². The highest BCUT2D eigenvalue weighted by molar-refractivity contribution is 6.09. The maximum Gasteiger partial charge on any atom is 0.308 e. The molecular formula is C17H19FN2O4. The van der Waals surface area contributed by atoms with Crippen molar-refractivity contribution in [3.8, 4) is 0 Å². The van der Waals surface area contributed by atoms with Crippen molar-refractivity contribution in [2.45, 2.75) is 19.3 Å². The number of anilines is 1. The van der Waals surface area contributed by atoms with Crippen LogP contribution in [0.5, 0.6) is 0 Å². The molecule has 2 aliphatic rings. The molecule has 0 aromatic heterocycles. The maximum absolute atomic E-state index is 13.0. The molecule has 0 aliphatic carbocycles. The van der Waals surface area contributed by atoms with Gasteiger partial charge in [-0.25, -0.2) is 4.39 Å². The molecule has 1 aromatic rings. The second-order valence-electron chi connectivity index (χ2n) is 6.27. The molecule has 1 N–H and O–H groups in total. The first kappa shape index (κ1) is 16.4. The van der Waals surface area contributed by atoms with Crippen LogP contribution in [-0.2, 0) is 14.4 Å². The number of hydrogen-bond donors (Lipinski definition) is 1. The molecule has 2 atom stereocenters. The molecule has 2 aliphatic heterocycles. The minimum absolute atomic E-state index is 0.161. The van der Waals surface area contributed by atoms with Crippen LogP contribution in [0.2, 0.25) is 0 Å². The summed E-state index contributed by atoms with van der Waals surface area (Å²) in [5, 5.41) is 9.12. The number of aliphatic carboxylic acids is 1. The first-order chi connectivity index (χ1) is 11.5. The molecule has 0 bridgehead atoms. The normalized spacial score (nSPS) is 24.3. The number of piperidine rings is 1. The highest BCUT2D eigenvalue weighted by Gasteiger charge is 2.41. The van der Waals surface area contributed by atoms with E-state index in [1.807, 2.05) is 0 Å². The van der Waals surface area contributed by atoms with Crippen LogP contribution >= 0.6 is 0 Å². The van der Waals surface area contributed by atoms with E-state index >= 15 is 0 Å². The van der Waals surface area contributed by atoms with E-state index < -0.39 is 17.8 Å². The lowest BCUT2D eigenvalue weighted by Crippen LogP contribution is -2.46. The van der Waals surface area contributed by atoms with Gasteiger partial charge < -0.3 is 14.9 Å². The van der Waals surface area contributed by atoms with E-state index in [0.717, 1.165) is 0 Å². The molecule has 7 heteroatoms. The minimum Gasteiger partial charge on any atom is -0.481 e. The largest absolute Gasteiger partial charge is 0.481 e. The van der Waals surface area contributed by atoms with Crippen LogP contribution in [0.1, 0.15) is 19.3 Å². The van der Waals surface area contributed by atoms with E-state index in [9.17, 15) is 18.8 Å². The summed E-state index contributed by atoms with van der Waals surface area (Å²) in [7, 11) is 0. The van der Waals surface area contributed by atoms with Crippen molar-refractivity contribution in [1.29, 1.82) is 0 Å². The Morgan fingerprint density at radius 3 is 2.50 bits per heavy atom. The Bertz CT molecular complexity index is 661. The summed E-state index contributed by atoms with van der Waals surface area (Å²) in [6.45, 7) is 1.05. The van der Waals surface area contributed by atoms with E-state index in [4.69, 9.17) is 5.11 Å². The smallest absolute Gasteiger partial charge is 0.308 e. The van der Waals surface area contributed by atoms with Gasteiger partial charge in [0.2, 0.25) is 11.8 Å². The molecule has 2 saturated heterocycles. The van der Waals surface area contributed by atoms with Crippen molar-refractivity contribution in [2.24, 2.45) is 11.8 Å². The average Bonchev–Trinajstić information content (AvgIpc) is 2.96. The van der Waals surface area contributed by atoms with Crippen molar-refractivity contribution < 1.29 is 23.9 Å². The minimum atomic E-state index is -0.904. The predicted octanol–water partition coefficient (Wildman–Crippen LogP) is 1.50. The van der Waals surface area contributed by atoms with E-state index in [1.165, 1.54) is 34.1 Å². The summed E-state index contributed by atoms with van der Waals surface area (Å²) >= 11 is 0. The quantitative estimate of drug-likeness (QED) is 0.850. The zero-order chi connectivity index (χ0) is 17.3. The lowest BCUT2D eigenvalue weighted by Gasteiger charge is -2.32. The second-order valence-corrected chi connectivity index (χ2v) is 6.27. The van der Waals surface area contributed by atoms with E-state index in [1.54, 1.807) is 0 Å². The lowest BCUT2D eigenvalue weighted by molar-refractivity contribution is -0.147. The van der Waals surface area contributed by atoms with Gasteiger partial charge in [0.1, 0.15) is 11.7 Å². The van der Waals surface area contributed by atoms with E-state index in [0.29, 0.717) is 38.0 Å². The maximum atomic E-state index is 13.0. The van der Waals surface area contributed by atoms with Gasteiger partial charge >= 0.3 is 5.97 Å². The zero-order valence-corrected chi connectivity index (χ0v) is 13.2. The van der Waals surface area contributed by atoms with Gasteiger partial charge in [-0.15, -0.1) is 0 Å². The molecule has 2 amide bonds. The molecule has 6 nitrogen and oxygen atoms in total. The number of nitrogens with zero attached hydrogens (tertiary/aromatic N) is 2. The number of carbonyl (C=O) groups is 3. The van der Waals surface area contributed by atoms with Crippen molar-refractivity contribution >= 4 is 23.5 Å². The number of carboxylic acids is 1. The molecule has 0 saturated carbocycles. The van der Waals surface area contributed by atoms with Gasteiger partial charge in [-0.3, -0.25) is 14.4 Å². The Labute approximate surface area is 138 Å². The van der Waals surface area contributed by atoms with Crippen LogP contribution in [0, 0.1) is 17.7 Å². The van der Waals surface area contributed by atoms with E-state index in [2.05, 4.69) is 0 Å². The fourth-order valence-corrected chi connectivity index (χ4v) is 3.39. The third kappa shape index (κ3) is 3.11. The van der Waals surface area contributed by atoms with Crippen LogP contribution in [0.15, 0.2) is 24.3 Å². The van der Waals surface area contributed by atoms with Crippen molar-refractivity contribution in [2.75, 3.05) is 24.5 Å². The van der Waals surface area contributed by atoms with Gasteiger partial charge in [-0.2, -0.15) is 0 Å². The number of hydrogen-bond acceptors (Lipinski definition) is 3. The van der Waals surface area contributed by atoms with Crippen LogP contribution < -0.4 is 4.90 Å². The summed E-state index contributed by atoms with van der Waals surface area (Å²) in [6.07, 6.45) is 1.58. The van der Waals surface area contributed by atoms with Crippen molar-refractivity contribution in [3.63, 3.8) is 0 Å². The number of carboxylic acid groups (broad SMARTS) is 1. The number of amides is 2. The topological polar surface area (TPSA) is 77.9 Å². The molecule has 24 heavy (non-hydrogen) atoms. The number of halogens is 1. The van der Waals surface area contributed by atoms with Gasteiger partial charge in [0.25, 0.3) is 0 Å². The standard InChI is InChI=1S/C17H19FN2O4/c18-12-3-5-13(6-4-12)20-9-7-14(16(20)22)15(21)19-8-1-2-11(10-19)17(23)24/h3-6,11,14H,1-2,7-10H2,(H,23,24).